The van der Waals surface area contributed by atoms with Gasteiger partial charge in [0.05, 0.1) is 18.0 Å². The standard InChI is InChI=1S/C10H11ClFNO2S/c11-7-1-2-8(12)9(5-7)13-10(15)6-16-4-3-14/h1-2,5,14H,3-4,6H2,(H,13,15). The highest BCUT2D eigenvalue weighted by Gasteiger charge is 2.07. The summed E-state index contributed by atoms with van der Waals surface area (Å²) < 4.78 is 13.2. The maximum absolute atomic E-state index is 13.2. The van der Waals surface area contributed by atoms with Crippen molar-refractivity contribution in [2.45, 2.75) is 0 Å². The molecule has 0 spiro atoms. The van der Waals surface area contributed by atoms with E-state index in [4.69, 9.17) is 16.7 Å². The number of aliphatic hydroxyl groups is 1. The van der Waals surface area contributed by atoms with Gasteiger partial charge in [0, 0.05) is 10.8 Å². The molecule has 1 amide bonds. The molecule has 3 nitrogen and oxygen atoms in total. The lowest BCUT2D eigenvalue weighted by Gasteiger charge is -2.06. The maximum Gasteiger partial charge on any atom is 0.234 e. The van der Waals surface area contributed by atoms with Crippen LogP contribution in [0, 0.1) is 5.82 Å². The Kier molecular flexibility index (Phi) is 5.59. The Balaban J connectivity index is 2.52. The van der Waals surface area contributed by atoms with Crippen molar-refractivity contribution < 1.29 is 14.3 Å². The summed E-state index contributed by atoms with van der Waals surface area (Å²) in [5.41, 5.74) is 0.0714. The van der Waals surface area contributed by atoms with Crippen molar-refractivity contribution in [2.75, 3.05) is 23.4 Å². The summed E-state index contributed by atoms with van der Waals surface area (Å²) in [6.45, 7) is 0.0173. The molecule has 0 radical (unpaired) electrons. The Morgan fingerprint density at radius 2 is 2.31 bits per heavy atom. The molecule has 16 heavy (non-hydrogen) atoms. The maximum atomic E-state index is 13.2. The summed E-state index contributed by atoms with van der Waals surface area (Å²) in [4.78, 5) is 11.3. The number of benzene rings is 1. The monoisotopic (exact) mass is 263 g/mol. The van der Waals surface area contributed by atoms with Crippen LogP contribution in [0.2, 0.25) is 5.02 Å². The van der Waals surface area contributed by atoms with E-state index in [9.17, 15) is 9.18 Å². The Bertz CT molecular complexity index is 376. The normalized spacial score (nSPS) is 10.2. The summed E-state index contributed by atoms with van der Waals surface area (Å²) in [5.74, 6) is -0.192. The van der Waals surface area contributed by atoms with Crippen LogP contribution in [0.4, 0.5) is 10.1 Å². The van der Waals surface area contributed by atoms with Crippen LogP contribution in [-0.2, 0) is 4.79 Å². The van der Waals surface area contributed by atoms with E-state index in [0.29, 0.717) is 10.8 Å². The van der Waals surface area contributed by atoms with Gasteiger partial charge in [-0.05, 0) is 18.2 Å². The van der Waals surface area contributed by atoms with Crippen molar-refractivity contribution in [3.63, 3.8) is 0 Å². The first kappa shape index (κ1) is 13.3. The van der Waals surface area contributed by atoms with Gasteiger partial charge in [0.25, 0.3) is 0 Å². The second-order valence-corrected chi connectivity index (χ2v) is 4.49. The molecule has 0 aromatic heterocycles. The van der Waals surface area contributed by atoms with Crippen LogP contribution in [0.5, 0.6) is 0 Å². The van der Waals surface area contributed by atoms with E-state index in [-0.39, 0.29) is 24.0 Å². The highest BCUT2D eigenvalue weighted by molar-refractivity contribution is 7.99. The van der Waals surface area contributed by atoms with E-state index < -0.39 is 5.82 Å². The van der Waals surface area contributed by atoms with Crippen molar-refractivity contribution >= 4 is 35.0 Å². The van der Waals surface area contributed by atoms with E-state index >= 15 is 0 Å². The van der Waals surface area contributed by atoms with Crippen LogP contribution >= 0.6 is 23.4 Å². The predicted molar refractivity (Wildman–Crippen MR) is 64.5 cm³/mol. The largest absolute Gasteiger partial charge is 0.396 e. The lowest BCUT2D eigenvalue weighted by molar-refractivity contribution is -0.113. The van der Waals surface area contributed by atoms with E-state index in [0.717, 1.165) is 0 Å². The molecule has 1 aromatic carbocycles. The number of nitrogens with one attached hydrogen (secondary N) is 1. The number of aliphatic hydroxyl groups excluding tert-OH is 1. The first-order valence-corrected chi connectivity index (χ1v) is 6.10. The molecule has 0 bridgehead atoms. The summed E-state index contributed by atoms with van der Waals surface area (Å²) >= 11 is 6.94. The van der Waals surface area contributed by atoms with Crippen molar-refractivity contribution in [1.82, 2.24) is 0 Å². The van der Waals surface area contributed by atoms with Gasteiger partial charge in [-0.3, -0.25) is 4.79 Å². The number of thioether (sulfide) groups is 1. The summed E-state index contributed by atoms with van der Waals surface area (Å²) in [5, 5.41) is 11.3. The second kappa shape index (κ2) is 6.73. The molecule has 0 aliphatic rings. The molecule has 2 N–H and O–H groups in total. The fourth-order valence-electron chi connectivity index (χ4n) is 1.01. The van der Waals surface area contributed by atoms with Crippen molar-refractivity contribution in [2.24, 2.45) is 0 Å². The number of amides is 1. The summed E-state index contributed by atoms with van der Waals surface area (Å²) in [6, 6.07) is 3.96. The smallest absolute Gasteiger partial charge is 0.234 e. The summed E-state index contributed by atoms with van der Waals surface area (Å²) in [6.07, 6.45) is 0. The zero-order valence-corrected chi connectivity index (χ0v) is 9.95. The van der Waals surface area contributed by atoms with Gasteiger partial charge in [-0.2, -0.15) is 0 Å². The van der Waals surface area contributed by atoms with Gasteiger partial charge in [-0.1, -0.05) is 11.6 Å². The lowest BCUT2D eigenvalue weighted by atomic mass is 10.3. The molecule has 1 rings (SSSR count). The van der Waals surface area contributed by atoms with Crippen LogP contribution < -0.4 is 5.32 Å². The zero-order chi connectivity index (χ0) is 12.0. The quantitative estimate of drug-likeness (QED) is 0.801. The molecule has 0 heterocycles. The highest BCUT2D eigenvalue weighted by Crippen LogP contribution is 2.19. The minimum absolute atomic E-state index is 0.0173. The third-order valence-corrected chi connectivity index (χ3v) is 2.84. The fourth-order valence-corrected chi connectivity index (χ4v) is 1.71. The van der Waals surface area contributed by atoms with Crippen molar-refractivity contribution in [3.05, 3.63) is 29.0 Å². The highest BCUT2D eigenvalue weighted by atomic mass is 35.5. The third-order valence-electron chi connectivity index (χ3n) is 1.67. The number of hydrogen-bond donors (Lipinski definition) is 2. The number of halogens is 2. The molecule has 0 aliphatic heterocycles. The first-order valence-electron chi connectivity index (χ1n) is 4.57. The number of anilines is 1. The van der Waals surface area contributed by atoms with Crippen molar-refractivity contribution in [3.8, 4) is 0 Å². The van der Waals surface area contributed by atoms with E-state index in [1.807, 2.05) is 0 Å². The predicted octanol–water partition coefficient (Wildman–Crippen LogP) is 2.14. The number of carbonyl (C=O) groups is 1. The third kappa shape index (κ3) is 4.38. The van der Waals surface area contributed by atoms with Crippen LogP contribution in [0.1, 0.15) is 0 Å². The Hall–Kier alpha value is -0.780. The Labute approximate surface area is 102 Å². The Morgan fingerprint density at radius 3 is 3.00 bits per heavy atom. The minimum Gasteiger partial charge on any atom is -0.396 e. The molecule has 0 unspecified atom stereocenters. The molecule has 0 aliphatic carbocycles. The molecular formula is C10H11ClFNO2S. The topological polar surface area (TPSA) is 49.3 Å². The molecule has 1 aromatic rings. The number of rotatable bonds is 5. The fraction of sp³-hybridized carbons (Fsp3) is 0.300. The molecular weight excluding hydrogens is 253 g/mol. The Morgan fingerprint density at radius 1 is 1.56 bits per heavy atom. The minimum atomic E-state index is -0.523. The lowest BCUT2D eigenvalue weighted by Crippen LogP contribution is -2.15. The van der Waals surface area contributed by atoms with Gasteiger partial charge >= 0.3 is 0 Å². The van der Waals surface area contributed by atoms with Crippen LogP contribution in [0.15, 0.2) is 18.2 Å². The van der Waals surface area contributed by atoms with Gasteiger partial charge in [-0.15, -0.1) is 11.8 Å². The van der Waals surface area contributed by atoms with E-state index in [2.05, 4.69) is 5.32 Å². The van der Waals surface area contributed by atoms with E-state index in [1.54, 1.807) is 0 Å². The van der Waals surface area contributed by atoms with Crippen LogP contribution in [-0.4, -0.2) is 29.1 Å². The molecule has 0 saturated carbocycles. The van der Waals surface area contributed by atoms with Crippen LogP contribution in [0.25, 0.3) is 0 Å². The van der Waals surface area contributed by atoms with Gasteiger partial charge < -0.3 is 10.4 Å². The van der Waals surface area contributed by atoms with Crippen LogP contribution in [0.3, 0.4) is 0 Å². The number of carbonyl (C=O) groups excluding carboxylic acids is 1. The first-order chi connectivity index (χ1) is 7.63. The SMILES string of the molecule is O=C(CSCCO)Nc1cc(Cl)ccc1F. The van der Waals surface area contributed by atoms with Gasteiger partial charge in [0.1, 0.15) is 5.82 Å². The average Bonchev–Trinajstić information content (AvgIpc) is 2.24. The molecule has 0 saturated heterocycles. The van der Waals surface area contributed by atoms with Gasteiger partial charge in [0.15, 0.2) is 0 Å². The van der Waals surface area contributed by atoms with E-state index in [1.165, 1.54) is 30.0 Å². The van der Waals surface area contributed by atoms with Crippen molar-refractivity contribution in [1.29, 1.82) is 0 Å². The summed E-state index contributed by atoms with van der Waals surface area (Å²) in [7, 11) is 0. The van der Waals surface area contributed by atoms with Gasteiger partial charge in [-0.25, -0.2) is 4.39 Å². The molecule has 0 fully saturated rings. The average molecular weight is 264 g/mol. The number of hydrogen-bond acceptors (Lipinski definition) is 3. The molecule has 0 atom stereocenters. The second-order valence-electron chi connectivity index (χ2n) is 2.95. The molecule has 6 heteroatoms. The molecule has 88 valence electrons. The zero-order valence-electron chi connectivity index (χ0n) is 8.37. The van der Waals surface area contributed by atoms with Gasteiger partial charge in [0.2, 0.25) is 5.91 Å².